The van der Waals surface area contributed by atoms with Crippen LogP contribution < -0.4 is 10.6 Å². The number of piperidine rings is 1. The zero-order chi connectivity index (χ0) is 15.9. The number of hydrogen-bond donors (Lipinski definition) is 2. The Balaban J connectivity index is 1.64. The second-order valence-corrected chi connectivity index (χ2v) is 6.83. The van der Waals surface area contributed by atoms with Gasteiger partial charge in [-0.3, -0.25) is 0 Å². The second-order valence-electron chi connectivity index (χ2n) is 6.42. The minimum atomic E-state index is -0.289. The van der Waals surface area contributed by atoms with Gasteiger partial charge in [0.05, 0.1) is 5.69 Å². The Morgan fingerprint density at radius 1 is 1.27 bits per heavy atom. The molecular formula is C17H26FN3S. The lowest BCUT2D eigenvalue weighted by atomic mass is 9.92. The SMILES string of the molecule is C[C@@H]1C[C@@H](C)CN(CCCNC(=S)Nc2ccccc2F)C1. The van der Waals surface area contributed by atoms with Crippen LogP contribution >= 0.6 is 12.2 Å². The summed E-state index contributed by atoms with van der Waals surface area (Å²) < 4.78 is 13.5. The quantitative estimate of drug-likeness (QED) is 0.641. The molecular weight excluding hydrogens is 297 g/mol. The van der Waals surface area contributed by atoms with Gasteiger partial charge in [-0.25, -0.2) is 4.39 Å². The highest BCUT2D eigenvalue weighted by Crippen LogP contribution is 2.20. The monoisotopic (exact) mass is 323 g/mol. The Bertz CT molecular complexity index is 485. The van der Waals surface area contributed by atoms with E-state index in [-0.39, 0.29) is 5.82 Å². The fourth-order valence-corrected chi connectivity index (χ4v) is 3.42. The molecule has 1 fully saturated rings. The zero-order valence-corrected chi connectivity index (χ0v) is 14.3. The van der Waals surface area contributed by atoms with Crippen molar-refractivity contribution >= 4 is 23.0 Å². The summed E-state index contributed by atoms with van der Waals surface area (Å²) in [5.41, 5.74) is 0.415. The van der Waals surface area contributed by atoms with E-state index in [0.717, 1.165) is 31.3 Å². The predicted octanol–water partition coefficient (Wildman–Crippen LogP) is 3.48. The van der Waals surface area contributed by atoms with Gasteiger partial charge in [-0.15, -0.1) is 0 Å². The molecule has 2 atom stereocenters. The molecule has 1 aliphatic heterocycles. The molecule has 0 saturated carbocycles. The van der Waals surface area contributed by atoms with Crippen molar-refractivity contribution in [1.29, 1.82) is 0 Å². The van der Waals surface area contributed by atoms with Crippen molar-refractivity contribution < 1.29 is 4.39 Å². The average molecular weight is 323 g/mol. The Hall–Kier alpha value is -1.20. The molecule has 2 rings (SSSR count). The number of likely N-dealkylation sites (tertiary alicyclic amines) is 1. The number of para-hydroxylation sites is 1. The molecule has 0 spiro atoms. The third-order valence-corrected chi connectivity index (χ3v) is 4.25. The van der Waals surface area contributed by atoms with Crippen molar-refractivity contribution in [2.24, 2.45) is 11.8 Å². The standard InChI is InChI=1S/C17H26FN3S/c1-13-10-14(2)12-21(11-13)9-5-8-19-17(22)20-16-7-4-3-6-15(16)18/h3-4,6-7,13-14H,5,8-12H2,1-2H3,(H2,19,20,22)/t13-,14-/m1/s1. The van der Waals surface area contributed by atoms with Gasteiger partial charge >= 0.3 is 0 Å². The van der Waals surface area contributed by atoms with Crippen LogP contribution in [-0.4, -0.2) is 36.2 Å². The topological polar surface area (TPSA) is 27.3 Å². The van der Waals surface area contributed by atoms with Crippen LogP contribution in [0.5, 0.6) is 0 Å². The highest BCUT2D eigenvalue weighted by Gasteiger charge is 2.20. The minimum Gasteiger partial charge on any atom is -0.362 e. The lowest BCUT2D eigenvalue weighted by molar-refractivity contribution is 0.140. The molecule has 2 N–H and O–H groups in total. The smallest absolute Gasteiger partial charge is 0.170 e. The molecule has 1 aromatic rings. The summed E-state index contributed by atoms with van der Waals surface area (Å²) in [6.45, 7) is 8.94. The van der Waals surface area contributed by atoms with E-state index in [9.17, 15) is 4.39 Å². The summed E-state index contributed by atoms with van der Waals surface area (Å²) in [7, 11) is 0. The highest BCUT2D eigenvalue weighted by molar-refractivity contribution is 7.80. The normalized spacial score (nSPS) is 22.3. The maximum Gasteiger partial charge on any atom is 0.170 e. The number of halogens is 1. The van der Waals surface area contributed by atoms with E-state index >= 15 is 0 Å². The Kier molecular flexibility index (Phi) is 6.58. The Morgan fingerprint density at radius 3 is 2.64 bits per heavy atom. The van der Waals surface area contributed by atoms with Gasteiger partial charge in [-0.05, 0) is 55.6 Å². The molecule has 0 radical (unpaired) electrons. The van der Waals surface area contributed by atoms with Gasteiger partial charge in [0.2, 0.25) is 0 Å². The fourth-order valence-electron chi connectivity index (χ4n) is 3.21. The van der Waals surface area contributed by atoms with E-state index in [1.165, 1.54) is 25.6 Å². The molecule has 0 amide bonds. The van der Waals surface area contributed by atoms with Crippen molar-refractivity contribution in [1.82, 2.24) is 10.2 Å². The van der Waals surface area contributed by atoms with E-state index in [1.54, 1.807) is 18.2 Å². The van der Waals surface area contributed by atoms with Crippen molar-refractivity contribution in [3.63, 3.8) is 0 Å². The molecule has 1 aromatic carbocycles. The number of rotatable bonds is 5. The number of benzene rings is 1. The van der Waals surface area contributed by atoms with Gasteiger partial charge in [-0.2, -0.15) is 0 Å². The third kappa shape index (κ3) is 5.54. The number of anilines is 1. The van der Waals surface area contributed by atoms with Gasteiger partial charge < -0.3 is 15.5 Å². The molecule has 22 heavy (non-hydrogen) atoms. The zero-order valence-electron chi connectivity index (χ0n) is 13.4. The van der Waals surface area contributed by atoms with Gasteiger partial charge in [0.25, 0.3) is 0 Å². The van der Waals surface area contributed by atoms with Crippen molar-refractivity contribution in [3.8, 4) is 0 Å². The van der Waals surface area contributed by atoms with Crippen LogP contribution in [0.3, 0.4) is 0 Å². The summed E-state index contributed by atoms with van der Waals surface area (Å²) in [6, 6.07) is 6.55. The van der Waals surface area contributed by atoms with E-state index in [4.69, 9.17) is 12.2 Å². The number of nitrogens with one attached hydrogen (secondary N) is 2. The van der Waals surface area contributed by atoms with E-state index in [2.05, 4.69) is 29.4 Å². The predicted molar refractivity (Wildman–Crippen MR) is 94.6 cm³/mol. The van der Waals surface area contributed by atoms with Gasteiger partial charge in [-0.1, -0.05) is 26.0 Å². The molecule has 1 saturated heterocycles. The third-order valence-electron chi connectivity index (χ3n) is 4.00. The fraction of sp³-hybridized carbons (Fsp3) is 0.588. The molecule has 5 heteroatoms. The maximum absolute atomic E-state index is 13.5. The van der Waals surface area contributed by atoms with Crippen molar-refractivity contribution in [3.05, 3.63) is 30.1 Å². The second kappa shape index (κ2) is 8.44. The molecule has 3 nitrogen and oxygen atoms in total. The van der Waals surface area contributed by atoms with E-state index in [0.29, 0.717) is 10.8 Å². The molecule has 0 unspecified atom stereocenters. The number of nitrogens with zero attached hydrogens (tertiary/aromatic N) is 1. The number of thiocarbonyl (C=S) groups is 1. The number of hydrogen-bond acceptors (Lipinski definition) is 2. The van der Waals surface area contributed by atoms with Gasteiger partial charge in [0.15, 0.2) is 5.11 Å². The Morgan fingerprint density at radius 2 is 1.95 bits per heavy atom. The molecule has 1 aliphatic rings. The van der Waals surface area contributed by atoms with Crippen LogP contribution in [0.15, 0.2) is 24.3 Å². The van der Waals surface area contributed by atoms with Crippen molar-refractivity contribution in [2.45, 2.75) is 26.7 Å². The Labute approximate surface area is 138 Å². The van der Waals surface area contributed by atoms with Gasteiger partial charge in [0, 0.05) is 19.6 Å². The van der Waals surface area contributed by atoms with E-state index < -0.39 is 0 Å². The summed E-state index contributed by atoms with van der Waals surface area (Å²) in [5, 5.41) is 6.52. The van der Waals surface area contributed by atoms with Crippen LogP contribution in [0.4, 0.5) is 10.1 Å². The summed E-state index contributed by atoms with van der Waals surface area (Å²) in [6.07, 6.45) is 2.38. The van der Waals surface area contributed by atoms with Gasteiger partial charge in [0.1, 0.15) is 5.82 Å². The first-order chi connectivity index (χ1) is 10.5. The van der Waals surface area contributed by atoms with Crippen LogP contribution in [0, 0.1) is 17.7 Å². The lowest BCUT2D eigenvalue weighted by Gasteiger charge is -2.34. The van der Waals surface area contributed by atoms with Crippen LogP contribution in [-0.2, 0) is 0 Å². The highest BCUT2D eigenvalue weighted by atomic mass is 32.1. The minimum absolute atomic E-state index is 0.289. The lowest BCUT2D eigenvalue weighted by Crippen LogP contribution is -2.40. The van der Waals surface area contributed by atoms with E-state index in [1.807, 2.05) is 0 Å². The molecule has 1 heterocycles. The first kappa shape index (κ1) is 17.2. The van der Waals surface area contributed by atoms with Crippen molar-refractivity contribution in [2.75, 3.05) is 31.5 Å². The van der Waals surface area contributed by atoms with Crippen LogP contribution in [0.2, 0.25) is 0 Å². The summed E-state index contributed by atoms with van der Waals surface area (Å²) >= 11 is 5.20. The average Bonchev–Trinajstić information content (AvgIpc) is 2.45. The van der Waals surface area contributed by atoms with Crippen LogP contribution in [0.25, 0.3) is 0 Å². The maximum atomic E-state index is 13.5. The molecule has 0 bridgehead atoms. The first-order valence-corrected chi connectivity index (χ1v) is 8.47. The largest absolute Gasteiger partial charge is 0.362 e. The summed E-state index contributed by atoms with van der Waals surface area (Å²) in [5.74, 6) is 1.30. The van der Waals surface area contributed by atoms with Crippen LogP contribution in [0.1, 0.15) is 26.7 Å². The molecule has 122 valence electrons. The molecule has 0 aliphatic carbocycles. The summed E-state index contributed by atoms with van der Waals surface area (Å²) in [4.78, 5) is 2.54. The first-order valence-electron chi connectivity index (χ1n) is 8.06. The molecule has 0 aromatic heterocycles.